The quantitative estimate of drug-likeness (QED) is 0.348. The number of fused-ring (bicyclic) bond motifs is 1. The molecule has 0 saturated carbocycles. The van der Waals surface area contributed by atoms with Crippen molar-refractivity contribution in [3.05, 3.63) is 58.1 Å². The van der Waals surface area contributed by atoms with Crippen LogP contribution in [0.2, 0.25) is 5.02 Å². The average molecular weight is 547 g/mol. The number of aromatic nitrogens is 2. The van der Waals surface area contributed by atoms with Crippen LogP contribution in [0.25, 0.3) is 17.0 Å². The highest BCUT2D eigenvalue weighted by Gasteiger charge is 2.32. The number of alkyl halides is 3. The molecule has 0 fully saturated rings. The Labute approximate surface area is 209 Å². The van der Waals surface area contributed by atoms with Gasteiger partial charge in [-0.25, -0.2) is 22.9 Å². The number of nitrogens with zero attached hydrogens (tertiary/aromatic N) is 2. The number of hydrogen-bond donors (Lipinski definition) is 2. The van der Waals surface area contributed by atoms with E-state index in [0.29, 0.717) is 35.1 Å². The van der Waals surface area contributed by atoms with Gasteiger partial charge in [-0.05, 0) is 36.4 Å². The SMILES string of the molecule is CCCCNC(=O)NS(=O)(=O)/C=C/c1c(Sc2ncc(C(F)(F)F)cc2Cl)n(C)c2ccccc12. The molecule has 2 N–H and O–H groups in total. The van der Waals surface area contributed by atoms with Gasteiger partial charge >= 0.3 is 12.2 Å². The van der Waals surface area contributed by atoms with E-state index in [1.807, 2.05) is 17.7 Å². The summed E-state index contributed by atoms with van der Waals surface area (Å²) in [6.45, 7) is 2.28. The Hall–Kier alpha value is -2.70. The predicted octanol–water partition coefficient (Wildman–Crippen LogP) is 5.80. The summed E-state index contributed by atoms with van der Waals surface area (Å²) < 4.78 is 67.5. The van der Waals surface area contributed by atoms with E-state index in [1.54, 1.807) is 29.8 Å². The molecule has 13 heteroatoms. The van der Waals surface area contributed by atoms with Crippen molar-refractivity contribution in [2.45, 2.75) is 36.0 Å². The van der Waals surface area contributed by atoms with Crippen LogP contribution in [-0.4, -0.2) is 30.5 Å². The van der Waals surface area contributed by atoms with Crippen LogP contribution in [-0.2, 0) is 23.2 Å². The smallest absolute Gasteiger partial charge is 0.338 e. The van der Waals surface area contributed by atoms with Crippen LogP contribution in [0, 0.1) is 0 Å². The Morgan fingerprint density at radius 2 is 2.00 bits per heavy atom. The third-order valence-electron chi connectivity index (χ3n) is 4.88. The fourth-order valence-corrected chi connectivity index (χ4v) is 5.13. The summed E-state index contributed by atoms with van der Waals surface area (Å²) in [5.74, 6) is 0. The van der Waals surface area contributed by atoms with Gasteiger partial charge in [-0.15, -0.1) is 0 Å². The van der Waals surface area contributed by atoms with Crippen molar-refractivity contribution in [1.82, 2.24) is 19.6 Å². The van der Waals surface area contributed by atoms with Crippen LogP contribution < -0.4 is 10.0 Å². The number of rotatable bonds is 8. The van der Waals surface area contributed by atoms with Crippen molar-refractivity contribution in [2.24, 2.45) is 7.05 Å². The number of unbranched alkanes of at least 4 members (excludes halogenated alkanes) is 1. The second-order valence-electron chi connectivity index (χ2n) is 7.47. The van der Waals surface area contributed by atoms with E-state index in [0.717, 1.165) is 35.2 Å². The largest absolute Gasteiger partial charge is 0.417 e. The van der Waals surface area contributed by atoms with E-state index in [1.165, 1.54) is 6.08 Å². The second-order valence-corrected chi connectivity index (χ2v) is 10.4. The molecule has 1 aromatic carbocycles. The summed E-state index contributed by atoms with van der Waals surface area (Å²) >= 11 is 7.08. The number of nitrogens with one attached hydrogen (secondary N) is 2. The molecule has 0 radical (unpaired) electrons. The van der Waals surface area contributed by atoms with Gasteiger partial charge < -0.3 is 9.88 Å². The number of halogens is 4. The molecule has 35 heavy (non-hydrogen) atoms. The van der Waals surface area contributed by atoms with Gasteiger partial charge in [-0.2, -0.15) is 13.2 Å². The highest BCUT2D eigenvalue weighted by atomic mass is 35.5. The maximum atomic E-state index is 13.0. The molecule has 0 unspecified atom stereocenters. The molecule has 0 aliphatic heterocycles. The van der Waals surface area contributed by atoms with Gasteiger partial charge in [0, 0.05) is 36.3 Å². The van der Waals surface area contributed by atoms with Gasteiger partial charge in [0.2, 0.25) is 0 Å². The first-order chi connectivity index (χ1) is 16.4. The first kappa shape index (κ1) is 26.9. The number of carbonyl (C=O) groups is 1. The standard InChI is InChI=1S/C22H22ClF3N4O3S2/c1-3-4-10-27-21(31)29-35(32,33)11-9-16-15-7-5-6-8-18(15)30(2)20(16)34-19-17(23)12-14(13-28-19)22(24,25)26/h5-9,11-13H,3-4,10H2,1-2H3,(H2,27,29,31)/b11-9+. The van der Waals surface area contributed by atoms with Gasteiger partial charge in [0.05, 0.1) is 21.0 Å². The van der Waals surface area contributed by atoms with E-state index in [9.17, 15) is 26.4 Å². The summed E-state index contributed by atoms with van der Waals surface area (Å²) in [7, 11) is -2.39. The van der Waals surface area contributed by atoms with Gasteiger partial charge in [0.15, 0.2) is 0 Å². The highest BCUT2D eigenvalue weighted by Crippen LogP contribution is 2.40. The number of amides is 2. The van der Waals surface area contributed by atoms with Crippen LogP contribution >= 0.6 is 23.4 Å². The fourth-order valence-electron chi connectivity index (χ4n) is 3.17. The molecule has 0 saturated heterocycles. The molecular weight excluding hydrogens is 525 g/mol. The maximum Gasteiger partial charge on any atom is 0.417 e. The fraction of sp³-hybridized carbons (Fsp3) is 0.273. The maximum absolute atomic E-state index is 13.0. The summed E-state index contributed by atoms with van der Waals surface area (Å²) in [4.78, 5) is 15.7. The highest BCUT2D eigenvalue weighted by molar-refractivity contribution is 7.99. The topological polar surface area (TPSA) is 93.1 Å². The number of hydrogen-bond acceptors (Lipinski definition) is 5. The zero-order valence-corrected chi connectivity index (χ0v) is 21.1. The lowest BCUT2D eigenvalue weighted by Crippen LogP contribution is -2.38. The molecule has 2 heterocycles. The average Bonchev–Trinajstić information content (AvgIpc) is 3.04. The van der Waals surface area contributed by atoms with Crippen LogP contribution in [0.3, 0.4) is 0 Å². The van der Waals surface area contributed by atoms with Crippen LogP contribution in [0.15, 0.2) is 52.0 Å². The van der Waals surface area contributed by atoms with Crippen molar-refractivity contribution < 1.29 is 26.4 Å². The zero-order chi connectivity index (χ0) is 25.8. The number of carbonyl (C=O) groups excluding carboxylic acids is 1. The molecule has 0 aliphatic carbocycles. The Bertz CT molecular complexity index is 1370. The van der Waals surface area contributed by atoms with Gasteiger partial charge in [0.25, 0.3) is 10.0 Å². The third-order valence-corrected chi connectivity index (χ3v) is 7.45. The molecule has 7 nitrogen and oxygen atoms in total. The number of urea groups is 1. The van der Waals surface area contributed by atoms with E-state index in [-0.39, 0.29) is 10.0 Å². The summed E-state index contributed by atoms with van der Waals surface area (Å²) in [6, 6.07) is 7.11. The summed E-state index contributed by atoms with van der Waals surface area (Å²) in [5.41, 5.74) is 0.251. The lowest BCUT2D eigenvalue weighted by molar-refractivity contribution is -0.137. The van der Waals surface area contributed by atoms with Crippen LogP contribution in [0.1, 0.15) is 30.9 Å². The van der Waals surface area contributed by atoms with Crippen molar-refractivity contribution >= 4 is 56.4 Å². The van der Waals surface area contributed by atoms with Crippen LogP contribution in [0.4, 0.5) is 18.0 Å². The van der Waals surface area contributed by atoms with Crippen molar-refractivity contribution in [2.75, 3.05) is 6.54 Å². The van der Waals surface area contributed by atoms with Gasteiger partial charge in [-0.1, -0.05) is 43.1 Å². The predicted molar refractivity (Wildman–Crippen MR) is 131 cm³/mol. The molecule has 3 aromatic rings. The number of para-hydroxylation sites is 1. The zero-order valence-electron chi connectivity index (χ0n) is 18.7. The molecule has 3 rings (SSSR count). The minimum absolute atomic E-state index is 0.122. The van der Waals surface area contributed by atoms with Gasteiger partial charge in [0.1, 0.15) is 5.03 Å². The Balaban J connectivity index is 1.96. The number of sulfonamides is 1. The third kappa shape index (κ3) is 6.71. The molecule has 0 atom stereocenters. The Morgan fingerprint density at radius 1 is 1.29 bits per heavy atom. The van der Waals surface area contributed by atoms with E-state index >= 15 is 0 Å². The molecule has 2 amide bonds. The minimum Gasteiger partial charge on any atom is -0.338 e. The molecule has 0 bridgehead atoms. The lowest BCUT2D eigenvalue weighted by Gasteiger charge is -2.10. The van der Waals surface area contributed by atoms with E-state index < -0.39 is 27.8 Å². The molecule has 188 valence electrons. The van der Waals surface area contributed by atoms with E-state index in [2.05, 4.69) is 10.3 Å². The molecule has 0 spiro atoms. The molecule has 0 aliphatic rings. The van der Waals surface area contributed by atoms with Gasteiger partial charge in [-0.3, -0.25) is 0 Å². The van der Waals surface area contributed by atoms with Crippen LogP contribution in [0.5, 0.6) is 0 Å². The number of aryl methyl sites for hydroxylation is 1. The van der Waals surface area contributed by atoms with Crippen molar-refractivity contribution in [1.29, 1.82) is 0 Å². The summed E-state index contributed by atoms with van der Waals surface area (Å²) in [6.07, 6.45) is -1.02. The lowest BCUT2D eigenvalue weighted by atomic mass is 10.2. The first-order valence-corrected chi connectivity index (χ1v) is 13.1. The van der Waals surface area contributed by atoms with E-state index in [4.69, 9.17) is 11.6 Å². The first-order valence-electron chi connectivity index (χ1n) is 10.4. The van der Waals surface area contributed by atoms with Crippen molar-refractivity contribution in [3.8, 4) is 0 Å². The summed E-state index contributed by atoms with van der Waals surface area (Å²) in [5, 5.41) is 4.45. The normalized spacial score (nSPS) is 12.4. The monoisotopic (exact) mass is 546 g/mol. The number of benzene rings is 1. The Morgan fingerprint density at radius 3 is 2.66 bits per heavy atom. The number of pyridine rings is 1. The second kappa shape index (κ2) is 10.9. The molecule has 2 aromatic heterocycles. The Kier molecular flexibility index (Phi) is 8.39. The van der Waals surface area contributed by atoms with Crippen molar-refractivity contribution in [3.63, 3.8) is 0 Å². The minimum atomic E-state index is -4.59. The molecular formula is C22H22ClF3N4O3S2.